The van der Waals surface area contributed by atoms with Gasteiger partial charge in [-0.1, -0.05) is 73.9 Å². The molecule has 2 aromatic rings. The summed E-state index contributed by atoms with van der Waals surface area (Å²) in [7, 11) is 0. The Bertz CT molecular complexity index is 665. The third-order valence-electron chi connectivity index (χ3n) is 6.47. The van der Waals surface area contributed by atoms with E-state index >= 15 is 0 Å². The van der Waals surface area contributed by atoms with Crippen molar-refractivity contribution in [3.63, 3.8) is 0 Å². The summed E-state index contributed by atoms with van der Waals surface area (Å²) >= 11 is 0. The lowest BCUT2D eigenvalue weighted by Crippen LogP contribution is -2.50. The third-order valence-corrected chi connectivity index (χ3v) is 6.47. The summed E-state index contributed by atoms with van der Waals surface area (Å²) in [4.78, 5) is 5.40. The van der Waals surface area contributed by atoms with Crippen LogP contribution in [-0.4, -0.2) is 42.0 Å². The van der Waals surface area contributed by atoms with Crippen LogP contribution in [-0.2, 0) is 19.4 Å². The molecule has 0 unspecified atom stereocenters. The van der Waals surface area contributed by atoms with Gasteiger partial charge in [-0.15, -0.1) is 0 Å². The van der Waals surface area contributed by atoms with Gasteiger partial charge in [0.2, 0.25) is 0 Å². The Hall–Kier alpha value is -1.64. The standard InChI is InChI=1S/C25H34N2/c1-3-7-22(8-4-1)11-12-23-13-15-24(16-14-23)21-26-17-19-27(20-18-26)25-9-5-2-6-10-25/h1,3-4,7-8,13-16,25H,2,5-6,9-12,17-21H2. The molecule has 0 bridgehead atoms. The lowest BCUT2D eigenvalue weighted by Gasteiger charge is -2.40. The Labute approximate surface area is 165 Å². The normalized spacial score (nSPS) is 20.0. The summed E-state index contributed by atoms with van der Waals surface area (Å²) in [6.45, 7) is 6.09. The zero-order valence-corrected chi connectivity index (χ0v) is 16.7. The smallest absolute Gasteiger partial charge is 0.0234 e. The van der Waals surface area contributed by atoms with Crippen molar-refractivity contribution in [2.24, 2.45) is 0 Å². The van der Waals surface area contributed by atoms with Gasteiger partial charge in [0, 0.05) is 38.8 Å². The van der Waals surface area contributed by atoms with Crippen molar-refractivity contribution in [3.05, 3.63) is 71.3 Å². The van der Waals surface area contributed by atoms with E-state index in [0.717, 1.165) is 25.4 Å². The highest BCUT2D eigenvalue weighted by molar-refractivity contribution is 5.24. The molecule has 2 aromatic carbocycles. The second-order valence-electron chi connectivity index (χ2n) is 8.41. The van der Waals surface area contributed by atoms with Crippen molar-refractivity contribution >= 4 is 0 Å². The van der Waals surface area contributed by atoms with Crippen molar-refractivity contribution in [1.29, 1.82) is 0 Å². The van der Waals surface area contributed by atoms with Crippen molar-refractivity contribution < 1.29 is 0 Å². The number of hydrogen-bond donors (Lipinski definition) is 0. The third kappa shape index (κ3) is 5.43. The fourth-order valence-electron chi connectivity index (χ4n) is 4.74. The minimum absolute atomic E-state index is 0.879. The molecule has 0 atom stereocenters. The summed E-state index contributed by atoms with van der Waals surface area (Å²) in [6, 6.07) is 21.0. The maximum Gasteiger partial charge on any atom is 0.0234 e. The molecule has 2 aliphatic rings. The Morgan fingerprint density at radius 1 is 0.630 bits per heavy atom. The zero-order chi connectivity index (χ0) is 18.3. The highest BCUT2D eigenvalue weighted by atomic mass is 15.3. The van der Waals surface area contributed by atoms with Crippen LogP contribution < -0.4 is 0 Å². The Kier molecular flexibility index (Phi) is 6.60. The monoisotopic (exact) mass is 362 g/mol. The van der Waals surface area contributed by atoms with Crippen LogP contribution in [0.15, 0.2) is 54.6 Å². The first kappa shape index (κ1) is 18.7. The molecule has 1 aliphatic carbocycles. The van der Waals surface area contributed by atoms with Crippen LogP contribution in [0.25, 0.3) is 0 Å². The highest BCUT2D eigenvalue weighted by Gasteiger charge is 2.24. The number of aryl methyl sites for hydroxylation is 2. The molecule has 2 nitrogen and oxygen atoms in total. The average molecular weight is 363 g/mol. The molecular formula is C25H34N2. The van der Waals surface area contributed by atoms with Crippen molar-refractivity contribution in [1.82, 2.24) is 9.80 Å². The lowest BCUT2D eigenvalue weighted by molar-refractivity contribution is 0.0755. The van der Waals surface area contributed by atoms with E-state index in [1.807, 2.05) is 0 Å². The summed E-state index contributed by atoms with van der Waals surface area (Å²) in [5, 5.41) is 0. The first-order chi connectivity index (χ1) is 13.4. The summed E-state index contributed by atoms with van der Waals surface area (Å²) in [5.74, 6) is 0. The summed E-state index contributed by atoms with van der Waals surface area (Å²) in [6.07, 6.45) is 9.48. The topological polar surface area (TPSA) is 6.48 Å². The van der Waals surface area contributed by atoms with Gasteiger partial charge in [-0.25, -0.2) is 0 Å². The average Bonchev–Trinajstić information content (AvgIpc) is 2.75. The molecule has 0 radical (unpaired) electrons. The molecule has 2 heteroatoms. The van der Waals surface area contributed by atoms with Crippen LogP contribution in [0.5, 0.6) is 0 Å². The summed E-state index contributed by atoms with van der Waals surface area (Å²) in [5.41, 5.74) is 4.34. The molecule has 1 heterocycles. The number of nitrogens with zero attached hydrogens (tertiary/aromatic N) is 2. The van der Waals surface area contributed by atoms with Crippen LogP contribution in [0, 0.1) is 0 Å². The molecule has 1 saturated carbocycles. The van der Waals surface area contributed by atoms with Crippen molar-refractivity contribution in [3.8, 4) is 0 Å². The van der Waals surface area contributed by atoms with Gasteiger partial charge in [0.25, 0.3) is 0 Å². The fourth-order valence-corrected chi connectivity index (χ4v) is 4.74. The number of hydrogen-bond acceptors (Lipinski definition) is 2. The largest absolute Gasteiger partial charge is 0.298 e. The highest BCUT2D eigenvalue weighted by Crippen LogP contribution is 2.23. The van der Waals surface area contributed by atoms with Crippen molar-refractivity contribution in [2.75, 3.05) is 26.2 Å². The molecule has 2 fully saturated rings. The Morgan fingerprint density at radius 3 is 1.89 bits per heavy atom. The van der Waals surface area contributed by atoms with Gasteiger partial charge < -0.3 is 0 Å². The summed E-state index contributed by atoms with van der Waals surface area (Å²) < 4.78 is 0. The Balaban J connectivity index is 1.22. The molecule has 1 aliphatic heterocycles. The fraction of sp³-hybridized carbons (Fsp3) is 0.520. The van der Waals surface area contributed by atoms with Gasteiger partial charge in [0.05, 0.1) is 0 Å². The molecule has 1 saturated heterocycles. The van der Waals surface area contributed by atoms with E-state index in [9.17, 15) is 0 Å². The molecule has 0 spiro atoms. The van der Waals surface area contributed by atoms with Crippen molar-refractivity contribution in [2.45, 2.75) is 57.5 Å². The van der Waals surface area contributed by atoms with Gasteiger partial charge in [0.1, 0.15) is 0 Å². The molecule has 4 rings (SSSR count). The van der Waals surface area contributed by atoms with Gasteiger partial charge in [-0.05, 0) is 42.4 Å². The predicted molar refractivity (Wildman–Crippen MR) is 114 cm³/mol. The molecule has 0 amide bonds. The lowest BCUT2D eigenvalue weighted by atomic mass is 9.94. The maximum atomic E-state index is 2.77. The molecular weight excluding hydrogens is 328 g/mol. The maximum absolute atomic E-state index is 2.77. The van der Waals surface area contributed by atoms with Crippen LogP contribution in [0.2, 0.25) is 0 Å². The van der Waals surface area contributed by atoms with Crippen LogP contribution in [0.4, 0.5) is 0 Å². The van der Waals surface area contributed by atoms with Gasteiger partial charge >= 0.3 is 0 Å². The number of benzene rings is 2. The van der Waals surface area contributed by atoms with E-state index in [-0.39, 0.29) is 0 Å². The van der Waals surface area contributed by atoms with E-state index in [0.29, 0.717) is 0 Å². The number of rotatable bonds is 6. The van der Waals surface area contributed by atoms with E-state index < -0.39 is 0 Å². The van der Waals surface area contributed by atoms with Crippen LogP contribution in [0.1, 0.15) is 48.8 Å². The van der Waals surface area contributed by atoms with Crippen LogP contribution in [0.3, 0.4) is 0 Å². The minimum Gasteiger partial charge on any atom is -0.298 e. The molecule has 144 valence electrons. The van der Waals surface area contributed by atoms with E-state index in [2.05, 4.69) is 64.4 Å². The Morgan fingerprint density at radius 2 is 1.22 bits per heavy atom. The van der Waals surface area contributed by atoms with Gasteiger partial charge in [-0.2, -0.15) is 0 Å². The SMILES string of the molecule is c1ccc(CCc2ccc(CN3CCN(C4CCCCC4)CC3)cc2)cc1. The minimum atomic E-state index is 0.879. The quantitative estimate of drug-likeness (QED) is 0.719. The van der Waals surface area contributed by atoms with E-state index in [1.165, 1.54) is 75.0 Å². The first-order valence-electron chi connectivity index (χ1n) is 10.9. The molecule has 27 heavy (non-hydrogen) atoms. The second-order valence-corrected chi connectivity index (χ2v) is 8.41. The predicted octanol–water partition coefficient (Wildman–Crippen LogP) is 4.92. The van der Waals surface area contributed by atoms with E-state index in [4.69, 9.17) is 0 Å². The molecule has 0 aromatic heterocycles. The van der Waals surface area contributed by atoms with E-state index in [1.54, 1.807) is 0 Å². The second kappa shape index (κ2) is 9.52. The molecule has 0 N–H and O–H groups in total. The van der Waals surface area contributed by atoms with Crippen LogP contribution >= 0.6 is 0 Å². The first-order valence-corrected chi connectivity index (χ1v) is 10.9. The zero-order valence-electron chi connectivity index (χ0n) is 16.7. The number of piperazine rings is 1. The van der Waals surface area contributed by atoms with Gasteiger partial charge in [0.15, 0.2) is 0 Å². The van der Waals surface area contributed by atoms with Gasteiger partial charge in [-0.3, -0.25) is 9.80 Å².